The van der Waals surface area contributed by atoms with Crippen LogP contribution in [0.4, 0.5) is 0 Å². The maximum atomic E-state index is 10.6. The Morgan fingerprint density at radius 2 is 2.00 bits per heavy atom. The Balaban J connectivity index is 1.90. The molecule has 0 aromatic heterocycles. The molecule has 144 valence electrons. The quantitative estimate of drug-likeness (QED) is 0.187. The van der Waals surface area contributed by atoms with Crippen molar-refractivity contribution in [3.63, 3.8) is 0 Å². The monoisotopic (exact) mass is 488 g/mol. The fourth-order valence-corrected chi connectivity index (χ4v) is 5.72. The molecule has 0 aliphatic heterocycles. The van der Waals surface area contributed by atoms with Crippen LogP contribution >= 0.6 is 34.2 Å². The summed E-state index contributed by atoms with van der Waals surface area (Å²) in [5.41, 5.74) is 4.25. The smallest absolute Gasteiger partial charge is 0.303 e. The summed E-state index contributed by atoms with van der Waals surface area (Å²) in [6.45, 7) is 4.40. The number of alkyl halides is 2. The van der Waals surface area contributed by atoms with Gasteiger partial charge in [0.15, 0.2) is 0 Å². The Morgan fingerprint density at radius 3 is 2.65 bits per heavy atom. The van der Waals surface area contributed by atoms with Crippen molar-refractivity contribution in [3.05, 3.63) is 47.0 Å². The largest absolute Gasteiger partial charge is 0.481 e. The van der Waals surface area contributed by atoms with E-state index < -0.39 is 5.97 Å². The molecule has 1 aliphatic rings. The summed E-state index contributed by atoms with van der Waals surface area (Å²) in [7, 11) is 0. The third-order valence-corrected chi connectivity index (χ3v) is 7.96. The second-order valence-corrected chi connectivity index (χ2v) is 9.63. The molecule has 4 heteroatoms. The fraction of sp³-hybridized carbons (Fsp3) is 0.591. The Morgan fingerprint density at radius 1 is 1.31 bits per heavy atom. The number of halogens is 2. The molecule has 0 spiro atoms. The zero-order valence-corrected chi connectivity index (χ0v) is 18.7. The first-order valence-electron chi connectivity index (χ1n) is 9.60. The predicted octanol–water partition coefficient (Wildman–Crippen LogP) is 6.48. The van der Waals surface area contributed by atoms with E-state index in [2.05, 4.69) is 66.8 Å². The molecule has 1 saturated carbocycles. The van der Waals surface area contributed by atoms with E-state index >= 15 is 0 Å². The zero-order valence-electron chi connectivity index (χ0n) is 15.8. The van der Waals surface area contributed by atoms with E-state index in [-0.39, 0.29) is 11.8 Å². The minimum atomic E-state index is -0.710. The Kier molecular flexibility index (Phi) is 8.95. The number of hydrogen-bond acceptors (Lipinski definition) is 1. The van der Waals surface area contributed by atoms with Crippen LogP contribution in [0.1, 0.15) is 55.2 Å². The molecule has 1 aromatic carbocycles. The first-order valence-corrected chi connectivity index (χ1v) is 11.3. The number of carboxylic acid groups (broad SMARTS) is 1. The average Bonchev–Trinajstić information content (AvgIpc) is 2.84. The SMILES string of the molecule is Cc1cccc(C)c1CC[C@H]1C(Cl)C(I)C[C@@H]1C/C=C/CCCC(=O)O. The third kappa shape index (κ3) is 6.26. The fourth-order valence-electron chi connectivity index (χ4n) is 4.10. The molecular formula is C22H30ClIO2. The van der Waals surface area contributed by atoms with E-state index in [1.54, 1.807) is 0 Å². The second-order valence-electron chi connectivity index (χ2n) is 7.52. The van der Waals surface area contributed by atoms with Crippen molar-refractivity contribution in [2.24, 2.45) is 11.8 Å². The van der Waals surface area contributed by atoms with E-state index in [9.17, 15) is 4.79 Å². The normalized spacial score (nSPS) is 25.8. The van der Waals surface area contributed by atoms with Gasteiger partial charge in [-0.05, 0) is 80.9 Å². The Bertz CT molecular complexity index is 608. The maximum Gasteiger partial charge on any atom is 0.303 e. The van der Waals surface area contributed by atoms with Crippen LogP contribution < -0.4 is 0 Å². The van der Waals surface area contributed by atoms with E-state index in [0.29, 0.717) is 15.8 Å². The van der Waals surface area contributed by atoms with Crippen molar-refractivity contribution in [1.29, 1.82) is 0 Å². The third-order valence-electron chi connectivity index (χ3n) is 5.63. The summed E-state index contributed by atoms with van der Waals surface area (Å²) in [6.07, 6.45) is 10.7. The van der Waals surface area contributed by atoms with Gasteiger partial charge in [-0.3, -0.25) is 4.79 Å². The van der Waals surface area contributed by atoms with Gasteiger partial charge in [-0.25, -0.2) is 0 Å². The first kappa shape index (κ1) is 21.7. The number of benzene rings is 1. The van der Waals surface area contributed by atoms with Crippen LogP contribution in [0.5, 0.6) is 0 Å². The van der Waals surface area contributed by atoms with Gasteiger partial charge in [0.05, 0.1) is 0 Å². The number of unbranched alkanes of at least 4 members (excludes halogenated alkanes) is 1. The van der Waals surface area contributed by atoms with Crippen molar-refractivity contribution < 1.29 is 9.90 Å². The number of aliphatic carboxylic acids is 1. The van der Waals surface area contributed by atoms with Gasteiger partial charge < -0.3 is 5.11 Å². The molecule has 0 bridgehead atoms. The van der Waals surface area contributed by atoms with E-state index in [4.69, 9.17) is 16.7 Å². The predicted molar refractivity (Wildman–Crippen MR) is 119 cm³/mol. The van der Waals surface area contributed by atoms with Crippen LogP contribution in [0.15, 0.2) is 30.4 Å². The number of rotatable bonds is 9. The summed E-state index contributed by atoms with van der Waals surface area (Å²) < 4.78 is 0.544. The molecule has 0 amide bonds. The highest BCUT2D eigenvalue weighted by Crippen LogP contribution is 2.44. The average molecular weight is 489 g/mol. The van der Waals surface area contributed by atoms with Gasteiger partial charge in [-0.15, -0.1) is 11.6 Å². The van der Waals surface area contributed by atoms with Crippen LogP contribution in [-0.2, 0) is 11.2 Å². The summed E-state index contributed by atoms with van der Waals surface area (Å²) in [5.74, 6) is 0.485. The van der Waals surface area contributed by atoms with Gasteiger partial charge >= 0.3 is 5.97 Å². The molecule has 2 nitrogen and oxygen atoms in total. The molecule has 1 aromatic rings. The van der Waals surface area contributed by atoms with Crippen LogP contribution in [0.3, 0.4) is 0 Å². The van der Waals surface area contributed by atoms with E-state index in [1.165, 1.54) is 23.1 Å². The molecule has 0 heterocycles. The highest BCUT2D eigenvalue weighted by Gasteiger charge is 2.39. The van der Waals surface area contributed by atoms with Crippen LogP contribution in [-0.4, -0.2) is 20.4 Å². The minimum absolute atomic E-state index is 0.255. The zero-order chi connectivity index (χ0) is 19.1. The van der Waals surface area contributed by atoms with Gasteiger partial charge in [0, 0.05) is 15.7 Å². The van der Waals surface area contributed by atoms with E-state index in [1.807, 2.05) is 0 Å². The summed E-state index contributed by atoms with van der Waals surface area (Å²) in [4.78, 5) is 10.6. The lowest BCUT2D eigenvalue weighted by Gasteiger charge is -2.22. The standard InChI is InChI=1S/C22H30ClIO2/c1-15-8-7-9-16(2)18(15)12-13-19-17(14-20(24)22(19)23)10-5-3-4-6-11-21(25)26/h3,5,7-9,17,19-20,22H,4,6,10-14H2,1-2H3,(H,25,26)/b5-3+/t17-,19+,20?,22?/m0/s1. The molecule has 0 radical (unpaired) electrons. The van der Waals surface area contributed by atoms with Gasteiger partial charge in [-0.1, -0.05) is 52.9 Å². The lowest BCUT2D eigenvalue weighted by Crippen LogP contribution is -2.19. The highest BCUT2D eigenvalue weighted by atomic mass is 127. The second kappa shape index (κ2) is 10.7. The number of hydrogen-bond donors (Lipinski definition) is 1. The Hall–Kier alpha value is -0.550. The number of allylic oxidation sites excluding steroid dienone is 2. The van der Waals surface area contributed by atoms with Crippen molar-refractivity contribution in [3.8, 4) is 0 Å². The molecular weight excluding hydrogens is 459 g/mol. The Labute approximate surface area is 176 Å². The lowest BCUT2D eigenvalue weighted by atomic mass is 9.86. The van der Waals surface area contributed by atoms with E-state index in [0.717, 1.165) is 32.1 Å². The van der Waals surface area contributed by atoms with Crippen molar-refractivity contribution >= 4 is 40.2 Å². The van der Waals surface area contributed by atoms with Crippen molar-refractivity contribution in [2.75, 3.05) is 0 Å². The van der Waals surface area contributed by atoms with Gasteiger partial charge in [-0.2, -0.15) is 0 Å². The molecule has 4 atom stereocenters. The summed E-state index contributed by atoms with van der Waals surface area (Å²) in [6, 6.07) is 6.54. The van der Waals surface area contributed by atoms with Crippen molar-refractivity contribution in [1.82, 2.24) is 0 Å². The van der Waals surface area contributed by atoms with Crippen LogP contribution in [0.25, 0.3) is 0 Å². The molecule has 2 rings (SSSR count). The molecule has 26 heavy (non-hydrogen) atoms. The number of aryl methyl sites for hydroxylation is 2. The van der Waals surface area contributed by atoms with Gasteiger partial charge in [0.25, 0.3) is 0 Å². The summed E-state index contributed by atoms with van der Waals surface area (Å²) >= 11 is 9.29. The first-order chi connectivity index (χ1) is 12.4. The van der Waals surface area contributed by atoms with Crippen LogP contribution in [0, 0.1) is 25.7 Å². The molecule has 1 fully saturated rings. The molecule has 0 saturated heterocycles. The minimum Gasteiger partial charge on any atom is -0.481 e. The molecule has 1 N–H and O–H groups in total. The molecule has 2 unspecified atom stereocenters. The maximum absolute atomic E-state index is 10.6. The summed E-state index contributed by atoms with van der Waals surface area (Å²) in [5, 5.41) is 8.94. The lowest BCUT2D eigenvalue weighted by molar-refractivity contribution is -0.137. The van der Waals surface area contributed by atoms with Crippen molar-refractivity contribution in [2.45, 2.75) is 68.1 Å². The topological polar surface area (TPSA) is 37.3 Å². The van der Waals surface area contributed by atoms with Crippen LogP contribution in [0.2, 0.25) is 0 Å². The highest BCUT2D eigenvalue weighted by molar-refractivity contribution is 14.1. The molecule has 1 aliphatic carbocycles. The number of carboxylic acids is 1. The van der Waals surface area contributed by atoms with Gasteiger partial charge in [0.1, 0.15) is 0 Å². The van der Waals surface area contributed by atoms with Gasteiger partial charge in [0.2, 0.25) is 0 Å². The number of carbonyl (C=O) groups is 1.